The van der Waals surface area contributed by atoms with Crippen LogP contribution in [0.25, 0.3) is 0 Å². The molecule has 4 aliphatic rings. The van der Waals surface area contributed by atoms with Crippen LogP contribution < -0.4 is 20.1 Å². The summed E-state index contributed by atoms with van der Waals surface area (Å²) in [5.74, 6) is 4.09. The first kappa shape index (κ1) is 23.9. The molecule has 0 radical (unpaired) electrons. The second-order valence-corrected chi connectivity index (χ2v) is 11.3. The van der Waals surface area contributed by atoms with Crippen LogP contribution in [0.2, 0.25) is 0 Å². The van der Waals surface area contributed by atoms with Crippen molar-refractivity contribution in [3.05, 3.63) is 23.8 Å². The van der Waals surface area contributed by atoms with Crippen LogP contribution in [0.4, 0.5) is 0 Å². The number of ether oxygens (including phenoxy) is 2. The average molecular weight is 457 g/mol. The minimum absolute atomic E-state index is 0.0161. The van der Waals surface area contributed by atoms with Gasteiger partial charge in [-0.15, -0.1) is 0 Å². The summed E-state index contributed by atoms with van der Waals surface area (Å²) < 4.78 is 11.3. The van der Waals surface area contributed by atoms with Gasteiger partial charge in [-0.25, -0.2) is 0 Å². The van der Waals surface area contributed by atoms with Gasteiger partial charge in [-0.1, -0.05) is 19.9 Å². The van der Waals surface area contributed by atoms with E-state index in [0.717, 1.165) is 23.3 Å². The van der Waals surface area contributed by atoms with Gasteiger partial charge in [0, 0.05) is 6.42 Å². The van der Waals surface area contributed by atoms with E-state index in [1.807, 2.05) is 25.1 Å². The maximum Gasteiger partial charge on any atom is 0.239 e. The van der Waals surface area contributed by atoms with Crippen molar-refractivity contribution in [3.63, 3.8) is 0 Å². The van der Waals surface area contributed by atoms with E-state index in [-0.39, 0.29) is 29.8 Å². The van der Waals surface area contributed by atoms with E-state index in [0.29, 0.717) is 30.4 Å². The van der Waals surface area contributed by atoms with E-state index in [4.69, 9.17) is 9.47 Å². The van der Waals surface area contributed by atoms with Gasteiger partial charge in [0.05, 0.1) is 26.3 Å². The number of carbonyl (C=O) groups excluding carboxylic acids is 2. The molecule has 1 unspecified atom stereocenters. The summed E-state index contributed by atoms with van der Waals surface area (Å²) in [6.45, 7) is 6.76. The largest absolute Gasteiger partial charge is 0.493 e. The molecule has 0 aliphatic heterocycles. The number of hydrogen-bond donors (Lipinski definition) is 2. The highest BCUT2D eigenvalue weighted by atomic mass is 16.5. The van der Waals surface area contributed by atoms with E-state index in [9.17, 15) is 9.59 Å². The van der Waals surface area contributed by atoms with Gasteiger partial charge < -0.3 is 20.1 Å². The molecule has 4 saturated carbocycles. The van der Waals surface area contributed by atoms with Crippen molar-refractivity contribution >= 4 is 11.8 Å². The Balaban J connectivity index is 1.25. The molecule has 6 nitrogen and oxygen atoms in total. The molecule has 0 heterocycles. The average Bonchev–Trinajstić information content (AvgIpc) is 2.74. The lowest BCUT2D eigenvalue weighted by atomic mass is 9.49. The minimum Gasteiger partial charge on any atom is -0.493 e. The summed E-state index contributed by atoms with van der Waals surface area (Å²) in [6.07, 6.45) is 8.30. The Hall–Kier alpha value is -2.24. The van der Waals surface area contributed by atoms with Crippen LogP contribution in [0.1, 0.15) is 77.3 Å². The third-order valence-electron chi connectivity index (χ3n) is 7.78. The molecule has 6 heteroatoms. The van der Waals surface area contributed by atoms with Gasteiger partial charge >= 0.3 is 0 Å². The molecule has 0 aromatic heterocycles. The highest BCUT2D eigenvalue weighted by Gasteiger charge is 2.51. The topological polar surface area (TPSA) is 76.7 Å². The normalized spacial score (nSPS) is 28.5. The molecule has 4 aliphatic carbocycles. The highest BCUT2D eigenvalue weighted by Crippen LogP contribution is 2.61. The highest BCUT2D eigenvalue weighted by molar-refractivity contribution is 5.85. The Morgan fingerprint density at radius 2 is 1.64 bits per heavy atom. The Bertz CT molecular complexity index is 830. The van der Waals surface area contributed by atoms with Crippen molar-refractivity contribution in [2.45, 2.75) is 71.8 Å². The first-order chi connectivity index (χ1) is 15.7. The molecule has 2 amide bonds. The van der Waals surface area contributed by atoms with Gasteiger partial charge in [0.15, 0.2) is 11.5 Å². The zero-order valence-corrected chi connectivity index (χ0v) is 20.6. The van der Waals surface area contributed by atoms with Gasteiger partial charge in [0.25, 0.3) is 0 Å². The second kappa shape index (κ2) is 9.94. The predicted molar refractivity (Wildman–Crippen MR) is 128 cm³/mol. The SMILES string of the molecule is COc1cc(C(C)NC(=O)CNC(=O)CC23CC4CC(CC(C4)C2)C3)ccc1OCC(C)C. The molecule has 4 fully saturated rings. The smallest absolute Gasteiger partial charge is 0.239 e. The summed E-state index contributed by atoms with van der Waals surface area (Å²) in [6, 6.07) is 5.51. The van der Waals surface area contributed by atoms with Crippen LogP contribution >= 0.6 is 0 Å². The van der Waals surface area contributed by atoms with Crippen molar-refractivity contribution in [1.82, 2.24) is 10.6 Å². The quantitative estimate of drug-likeness (QED) is 0.538. The molecule has 5 rings (SSSR count). The molecule has 182 valence electrons. The lowest BCUT2D eigenvalue weighted by Crippen LogP contribution is -2.48. The van der Waals surface area contributed by atoms with Crippen molar-refractivity contribution < 1.29 is 19.1 Å². The van der Waals surface area contributed by atoms with Crippen molar-refractivity contribution in [1.29, 1.82) is 0 Å². The van der Waals surface area contributed by atoms with Crippen LogP contribution in [0.15, 0.2) is 18.2 Å². The predicted octanol–water partition coefficient (Wildman–Crippen LogP) is 4.63. The van der Waals surface area contributed by atoms with Crippen LogP contribution in [0, 0.1) is 29.1 Å². The van der Waals surface area contributed by atoms with Gasteiger partial charge in [-0.2, -0.15) is 0 Å². The zero-order chi connectivity index (χ0) is 23.6. The Morgan fingerprint density at radius 3 is 2.21 bits per heavy atom. The number of carbonyl (C=O) groups is 2. The first-order valence-corrected chi connectivity index (χ1v) is 12.6. The number of amides is 2. The maximum absolute atomic E-state index is 12.7. The Morgan fingerprint density at radius 1 is 1.00 bits per heavy atom. The molecular weight excluding hydrogens is 416 g/mol. The number of hydrogen-bond acceptors (Lipinski definition) is 4. The summed E-state index contributed by atoms with van der Waals surface area (Å²) in [4.78, 5) is 25.2. The third kappa shape index (κ3) is 5.82. The Kier molecular flexibility index (Phi) is 7.20. The molecule has 1 atom stereocenters. The fourth-order valence-electron chi connectivity index (χ4n) is 6.79. The molecule has 2 N–H and O–H groups in total. The van der Waals surface area contributed by atoms with Crippen LogP contribution in [-0.2, 0) is 9.59 Å². The van der Waals surface area contributed by atoms with E-state index in [1.165, 1.54) is 38.5 Å². The number of methoxy groups -OCH3 is 1. The third-order valence-corrected chi connectivity index (χ3v) is 7.78. The van der Waals surface area contributed by atoms with Crippen LogP contribution in [0.5, 0.6) is 11.5 Å². The molecule has 0 spiro atoms. The molecule has 1 aromatic carbocycles. The van der Waals surface area contributed by atoms with E-state index in [2.05, 4.69) is 24.5 Å². The van der Waals surface area contributed by atoms with Crippen molar-refractivity contribution in [2.75, 3.05) is 20.3 Å². The summed E-state index contributed by atoms with van der Waals surface area (Å²) in [5.41, 5.74) is 1.12. The number of nitrogens with one attached hydrogen (secondary N) is 2. The lowest BCUT2D eigenvalue weighted by molar-refractivity contribution is -0.132. The molecule has 0 saturated heterocycles. The van der Waals surface area contributed by atoms with Gasteiger partial charge in [0.2, 0.25) is 11.8 Å². The Labute approximate surface area is 198 Å². The van der Waals surface area contributed by atoms with E-state index < -0.39 is 0 Å². The van der Waals surface area contributed by atoms with Gasteiger partial charge in [-0.3, -0.25) is 9.59 Å². The standard InChI is InChI=1S/C27H40N2O4/c1-17(2)16-33-23-6-5-22(10-24(23)32-4)18(3)29-26(31)15-28-25(30)14-27-11-19-7-20(12-27)9-21(8-19)13-27/h5-6,10,17-21H,7-9,11-16H2,1-4H3,(H,28,30)(H,29,31). The molecule has 4 bridgehead atoms. The monoisotopic (exact) mass is 456 g/mol. The second-order valence-electron chi connectivity index (χ2n) is 11.3. The first-order valence-electron chi connectivity index (χ1n) is 12.6. The van der Waals surface area contributed by atoms with E-state index in [1.54, 1.807) is 7.11 Å². The maximum atomic E-state index is 12.7. The number of rotatable bonds is 10. The van der Waals surface area contributed by atoms with Gasteiger partial charge in [-0.05, 0) is 92.2 Å². The summed E-state index contributed by atoms with van der Waals surface area (Å²) in [5, 5.41) is 5.86. The molecule has 1 aromatic rings. The van der Waals surface area contributed by atoms with Crippen LogP contribution in [-0.4, -0.2) is 32.1 Å². The lowest BCUT2D eigenvalue weighted by Gasteiger charge is -2.56. The summed E-state index contributed by atoms with van der Waals surface area (Å²) in [7, 11) is 1.62. The van der Waals surface area contributed by atoms with E-state index >= 15 is 0 Å². The summed E-state index contributed by atoms with van der Waals surface area (Å²) >= 11 is 0. The number of benzene rings is 1. The minimum atomic E-state index is -0.203. The molecular formula is C27H40N2O4. The fraction of sp³-hybridized carbons (Fsp3) is 0.704. The van der Waals surface area contributed by atoms with Crippen LogP contribution in [0.3, 0.4) is 0 Å². The van der Waals surface area contributed by atoms with Crippen molar-refractivity contribution in [3.8, 4) is 11.5 Å². The zero-order valence-electron chi connectivity index (χ0n) is 20.6. The molecule has 33 heavy (non-hydrogen) atoms. The van der Waals surface area contributed by atoms with Gasteiger partial charge in [0.1, 0.15) is 0 Å². The fourth-order valence-corrected chi connectivity index (χ4v) is 6.79. The van der Waals surface area contributed by atoms with Crippen molar-refractivity contribution in [2.24, 2.45) is 29.1 Å².